The third kappa shape index (κ3) is 2.52. The summed E-state index contributed by atoms with van der Waals surface area (Å²) in [6, 6.07) is 8.12. The van der Waals surface area contributed by atoms with Crippen LogP contribution in [-0.4, -0.2) is 40.6 Å². The third-order valence-corrected chi connectivity index (χ3v) is 5.71. The second kappa shape index (κ2) is 6.04. The van der Waals surface area contributed by atoms with Crippen molar-refractivity contribution < 1.29 is 14.4 Å². The Morgan fingerprint density at radius 2 is 1.62 bits per heavy atom. The van der Waals surface area contributed by atoms with E-state index in [4.69, 9.17) is 0 Å². The number of likely N-dealkylation sites (tertiary alicyclic amines) is 1. The van der Waals surface area contributed by atoms with Gasteiger partial charge in [-0.25, -0.2) is 0 Å². The van der Waals surface area contributed by atoms with Gasteiger partial charge in [0.05, 0.1) is 11.8 Å². The molecule has 0 radical (unpaired) electrons. The molecule has 3 amide bonds. The van der Waals surface area contributed by atoms with Gasteiger partial charge >= 0.3 is 0 Å². The number of carbonyl (C=O) groups is 3. The predicted octanol–water partition coefficient (Wildman–Crippen LogP) is 1.75. The molecule has 1 aromatic carbocycles. The van der Waals surface area contributed by atoms with Crippen molar-refractivity contribution in [3.63, 3.8) is 0 Å². The van der Waals surface area contributed by atoms with E-state index >= 15 is 0 Å². The van der Waals surface area contributed by atoms with Crippen LogP contribution in [0, 0.1) is 11.8 Å². The van der Waals surface area contributed by atoms with E-state index in [2.05, 4.69) is 6.07 Å². The third-order valence-electron chi connectivity index (χ3n) is 5.71. The number of nitrogens with zero attached hydrogens (tertiary/aromatic N) is 2. The molecule has 1 aromatic rings. The van der Waals surface area contributed by atoms with Crippen molar-refractivity contribution in [2.45, 2.75) is 38.6 Å². The predicted molar refractivity (Wildman–Crippen MR) is 87.7 cm³/mol. The molecule has 1 saturated carbocycles. The maximum absolute atomic E-state index is 12.6. The van der Waals surface area contributed by atoms with Gasteiger partial charge in [-0.05, 0) is 30.4 Å². The molecule has 0 aromatic heterocycles. The van der Waals surface area contributed by atoms with Gasteiger partial charge in [0.2, 0.25) is 17.7 Å². The van der Waals surface area contributed by atoms with E-state index in [0.717, 1.165) is 37.7 Å². The van der Waals surface area contributed by atoms with Crippen molar-refractivity contribution in [2.75, 3.05) is 13.1 Å². The topological polar surface area (TPSA) is 57.7 Å². The van der Waals surface area contributed by atoms with E-state index in [1.807, 2.05) is 18.2 Å². The smallest absolute Gasteiger partial charge is 0.243 e. The highest BCUT2D eigenvalue weighted by atomic mass is 16.2. The van der Waals surface area contributed by atoms with E-state index < -0.39 is 0 Å². The molecule has 5 nitrogen and oxygen atoms in total. The highest BCUT2D eigenvalue weighted by Gasteiger charge is 2.48. The zero-order valence-corrected chi connectivity index (χ0v) is 13.7. The molecule has 1 aliphatic carbocycles. The summed E-state index contributed by atoms with van der Waals surface area (Å²) in [5, 5.41) is 0. The van der Waals surface area contributed by atoms with Crippen LogP contribution in [0.5, 0.6) is 0 Å². The highest BCUT2D eigenvalue weighted by Crippen LogP contribution is 2.38. The minimum absolute atomic E-state index is 0.0904. The maximum atomic E-state index is 12.6. The monoisotopic (exact) mass is 326 g/mol. The lowest BCUT2D eigenvalue weighted by Gasteiger charge is -2.30. The summed E-state index contributed by atoms with van der Waals surface area (Å²) in [6.07, 6.45) is 4.42. The summed E-state index contributed by atoms with van der Waals surface area (Å²) in [4.78, 5) is 40.6. The van der Waals surface area contributed by atoms with E-state index in [-0.39, 0.29) is 36.1 Å². The van der Waals surface area contributed by atoms with Gasteiger partial charge in [-0.1, -0.05) is 37.1 Å². The number of fused-ring (bicyclic) bond motifs is 2. The molecule has 2 heterocycles. The van der Waals surface area contributed by atoms with Crippen LogP contribution in [-0.2, 0) is 27.3 Å². The van der Waals surface area contributed by atoms with Gasteiger partial charge < -0.3 is 4.90 Å². The van der Waals surface area contributed by atoms with E-state index in [9.17, 15) is 14.4 Å². The molecule has 24 heavy (non-hydrogen) atoms. The molecule has 3 aliphatic rings. The summed E-state index contributed by atoms with van der Waals surface area (Å²) in [5.41, 5.74) is 2.44. The first kappa shape index (κ1) is 15.4. The number of imide groups is 1. The van der Waals surface area contributed by atoms with Gasteiger partial charge in [-0.3, -0.25) is 19.3 Å². The van der Waals surface area contributed by atoms with Gasteiger partial charge in [0.1, 0.15) is 6.54 Å². The summed E-state index contributed by atoms with van der Waals surface area (Å²) in [6.45, 7) is 1.13. The zero-order valence-electron chi connectivity index (χ0n) is 13.7. The lowest BCUT2D eigenvalue weighted by atomic mass is 9.81. The van der Waals surface area contributed by atoms with Gasteiger partial charge in [-0.15, -0.1) is 0 Å². The van der Waals surface area contributed by atoms with Crippen LogP contribution in [0.3, 0.4) is 0 Å². The van der Waals surface area contributed by atoms with Crippen molar-refractivity contribution in [3.05, 3.63) is 35.4 Å². The first-order valence-electron chi connectivity index (χ1n) is 8.85. The Bertz CT molecular complexity index is 676. The fourth-order valence-electron chi connectivity index (χ4n) is 4.33. The molecule has 1 saturated heterocycles. The standard InChI is InChI=1S/C19H22N2O3/c22-17(20-10-9-13-5-1-2-6-14(13)11-20)12-21-18(23)15-7-3-4-8-16(15)19(21)24/h1-2,5-6,15-16H,3-4,7-12H2. The van der Waals surface area contributed by atoms with Gasteiger partial charge in [0.25, 0.3) is 0 Å². The van der Waals surface area contributed by atoms with E-state index in [1.165, 1.54) is 10.5 Å². The summed E-state index contributed by atoms with van der Waals surface area (Å²) in [7, 11) is 0. The number of rotatable bonds is 2. The SMILES string of the molecule is O=C(CN1C(=O)C2CCCCC2C1=O)N1CCc2ccccc2C1. The molecule has 2 fully saturated rings. The maximum Gasteiger partial charge on any atom is 0.243 e. The molecule has 5 heteroatoms. The molecule has 4 rings (SSSR count). The second-order valence-corrected chi connectivity index (χ2v) is 7.09. The van der Waals surface area contributed by atoms with Crippen LogP contribution in [0.1, 0.15) is 36.8 Å². The fraction of sp³-hybridized carbons (Fsp3) is 0.526. The molecular formula is C19H22N2O3. The van der Waals surface area contributed by atoms with Crippen LogP contribution >= 0.6 is 0 Å². The lowest BCUT2D eigenvalue weighted by molar-refractivity contribution is -0.146. The number of hydrogen-bond acceptors (Lipinski definition) is 3. The van der Waals surface area contributed by atoms with Crippen LogP contribution in [0.25, 0.3) is 0 Å². The Hall–Kier alpha value is -2.17. The van der Waals surface area contributed by atoms with Gasteiger partial charge in [-0.2, -0.15) is 0 Å². The van der Waals surface area contributed by atoms with Gasteiger partial charge in [0.15, 0.2) is 0 Å². The Balaban J connectivity index is 1.45. The van der Waals surface area contributed by atoms with Crippen molar-refractivity contribution in [1.82, 2.24) is 9.80 Å². The average molecular weight is 326 g/mol. The normalized spacial score (nSPS) is 26.3. The Morgan fingerprint density at radius 1 is 1.00 bits per heavy atom. The molecule has 2 unspecified atom stereocenters. The molecule has 2 atom stereocenters. The van der Waals surface area contributed by atoms with E-state index in [1.54, 1.807) is 4.90 Å². The van der Waals surface area contributed by atoms with Crippen molar-refractivity contribution >= 4 is 17.7 Å². The Morgan fingerprint density at radius 3 is 2.29 bits per heavy atom. The molecule has 126 valence electrons. The number of amides is 3. The Kier molecular flexibility index (Phi) is 3.87. The first-order chi connectivity index (χ1) is 11.6. The van der Waals surface area contributed by atoms with Crippen LogP contribution < -0.4 is 0 Å². The molecule has 2 aliphatic heterocycles. The minimum Gasteiger partial charge on any atom is -0.336 e. The minimum atomic E-state index is -0.180. The van der Waals surface area contributed by atoms with Crippen molar-refractivity contribution in [3.8, 4) is 0 Å². The summed E-state index contributed by atoms with van der Waals surface area (Å²) in [5.74, 6) is -0.738. The highest BCUT2D eigenvalue weighted by molar-refractivity contribution is 6.07. The molecular weight excluding hydrogens is 304 g/mol. The fourth-order valence-corrected chi connectivity index (χ4v) is 4.33. The molecule has 0 bridgehead atoms. The number of benzene rings is 1. The van der Waals surface area contributed by atoms with Crippen LogP contribution in [0.15, 0.2) is 24.3 Å². The second-order valence-electron chi connectivity index (χ2n) is 7.09. The zero-order chi connectivity index (χ0) is 16.7. The molecule has 0 N–H and O–H groups in total. The summed E-state index contributed by atoms with van der Waals surface area (Å²) >= 11 is 0. The largest absolute Gasteiger partial charge is 0.336 e. The average Bonchev–Trinajstić information content (AvgIpc) is 2.86. The van der Waals surface area contributed by atoms with Crippen LogP contribution in [0.2, 0.25) is 0 Å². The van der Waals surface area contributed by atoms with Gasteiger partial charge in [0, 0.05) is 13.1 Å². The van der Waals surface area contributed by atoms with Crippen molar-refractivity contribution in [1.29, 1.82) is 0 Å². The first-order valence-corrected chi connectivity index (χ1v) is 8.85. The molecule has 0 spiro atoms. The lowest BCUT2D eigenvalue weighted by Crippen LogP contribution is -2.44. The number of hydrogen-bond donors (Lipinski definition) is 0. The van der Waals surface area contributed by atoms with Crippen LogP contribution in [0.4, 0.5) is 0 Å². The summed E-state index contributed by atoms with van der Waals surface area (Å²) < 4.78 is 0. The van der Waals surface area contributed by atoms with E-state index in [0.29, 0.717) is 13.1 Å². The number of carbonyl (C=O) groups excluding carboxylic acids is 3. The Labute approximate surface area is 141 Å². The quantitative estimate of drug-likeness (QED) is 0.778. The van der Waals surface area contributed by atoms with Crippen molar-refractivity contribution in [2.24, 2.45) is 11.8 Å².